The second-order valence-electron chi connectivity index (χ2n) is 12.0. The molecule has 1 N–H and O–H groups in total. The molecular weight excluding hydrogens is 534 g/mol. The molecule has 1 aliphatic heterocycles. The van der Waals surface area contributed by atoms with Gasteiger partial charge in [-0.3, -0.25) is 18.9 Å². The van der Waals surface area contributed by atoms with E-state index in [1.807, 2.05) is 0 Å². The molecule has 0 aromatic rings. The number of carbonyl (C=O) groups is 4. The van der Waals surface area contributed by atoms with Crippen LogP contribution < -0.4 is 0 Å². The maximum atomic E-state index is 13.5. The minimum absolute atomic E-state index is 0.302. The first-order valence-corrected chi connectivity index (χ1v) is 14.3. The van der Waals surface area contributed by atoms with Crippen molar-refractivity contribution in [3.63, 3.8) is 0 Å². The number of rotatable bonds is 8. The molecule has 38 heavy (non-hydrogen) atoms. The van der Waals surface area contributed by atoms with Gasteiger partial charge in [0.1, 0.15) is 12.2 Å². The highest BCUT2D eigenvalue weighted by atomic mass is 32.2. The molecule has 7 rings (SSSR count). The SMILES string of the molecule is O=C(COC(=O)C1C2CC3C(OC(=O)C31)C2OC(=O)C12CC3CC(CC(C3)C1)C2)OCC(F)(F)S(=O)(=O)O. The van der Waals surface area contributed by atoms with Crippen molar-refractivity contribution in [2.75, 3.05) is 13.2 Å². The highest BCUT2D eigenvalue weighted by Crippen LogP contribution is 2.62. The van der Waals surface area contributed by atoms with Crippen LogP contribution in [0.1, 0.15) is 44.9 Å². The number of alkyl halides is 2. The van der Waals surface area contributed by atoms with Crippen molar-refractivity contribution < 1.29 is 59.9 Å². The molecule has 6 atom stereocenters. The Bertz CT molecular complexity index is 1150. The molecule has 1 heterocycles. The fraction of sp³-hybridized carbons (Fsp3) is 0.833. The topological polar surface area (TPSA) is 160 Å². The van der Waals surface area contributed by atoms with E-state index in [1.165, 1.54) is 0 Å². The standard InChI is InChI=1S/C24H28F2O11S/c25-24(26,38(31,32)33)9-35-15(27)8-34-20(28)16-13-4-14-17(16)21(29)36-18(14)19(13)37-22(30)23-5-10-1-11(6-23)3-12(2-10)7-23/h10-14,16-19H,1-9H2,(H,31,32,33). The molecule has 0 aromatic carbocycles. The number of hydrogen-bond acceptors (Lipinski definition) is 10. The van der Waals surface area contributed by atoms with Crippen LogP contribution in [0, 0.1) is 46.8 Å². The van der Waals surface area contributed by atoms with Crippen molar-refractivity contribution in [3.8, 4) is 0 Å². The van der Waals surface area contributed by atoms with Gasteiger partial charge in [0.2, 0.25) is 0 Å². The number of carbonyl (C=O) groups excluding carboxylic acids is 4. The van der Waals surface area contributed by atoms with Crippen LogP contribution in [-0.4, -0.2) is 67.5 Å². The Kier molecular flexibility index (Phi) is 5.84. The van der Waals surface area contributed by atoms with Gasteiger partial charge in [-0.15, -0.1) is 0 Å². The van der Waals surface area contributed by atoms with Gasteiger partial charge >= 0.3 is 39.2 Å². The van der Waals surface area contributed by atoms with E-state index >= 15 is 0 Å². The summed E-state index contributed by atoms with van der Waals surface area (Å²) in [5, 5.41) is -4.73. The fourth-order valence-electron chi connectivity index (χ4n) is 8.58. The van der Waals surface area contributed by atoms with Gasteiger partial charge in [0.15, 0.2) is 13.2 Å². The van der Waals surface area contributed by atoms with Crippen LogP contribution >= 0.6 is 0 Å². The zero-order valence-corrected chi connectivity index (χ0v) is 21.1. The van der Waals surface area contributed by atoms with Crippen molar-refractivity contribution >= 4 is 34.0 Å². The van der Waals surface area contributed by atoms with Gasteiger partial charge in [0, 0.05) is 11.8 Å². The van der Waals surface area contributed by atoms with E-state index < -0.39 is 81.9 Å². The van der Waals surface area contributed by atoms with Crippen molar-refractivity contribution in [2.45, 2.75) is 62.4 Å². The van der Waals surface area contributed by atoms with Gasteiger partial charge in [-0.2, -0.15) is 17.2 Å². The first kappa shape index (κ1) is 25.9. The average molecular weight is 563 g/mol. The Morgan fingerprint density at radius 2 is 1.61 bits per heavy atom. The average Bonchev–Trinajstić information content (AvgIpc) is 3.43. The predicted molar refractivity (Wildman–Crippen MR) is 117 cm³/mol. The highest BCUT2D eigenvalue weighted by molar-refractivity contribution is 7.86. The monoisotopic (exact) mass is 562 g/mol. The van der Waals surface area contributed by atoms with Crippen molar-refractivity contribution in [1.82, 2.24) is 0 Å². The lowest BCUT2D eigenvalue weighted by Crippen LogP contribution is -2.53. The van der Waals surface area contributed by atoms with E-state index in [0.717, 1.165) is 38.5 Å². The van der Waals surface area contributed by atoms with Crippen LogP contribution in [0.3, 0.4) is 0 Å². The maximum absolute atomic E-state index is 13.5. The zero-order valence-electron chi connectivity index (χ0n) is 20.3. The number of halogens is 2. The molecule has 210 valence electrons. The molecule has 0 radical (unpaired) electrons. The van der Waals surface area contributed by atoms with Crippen molar-refractivity contribution in [1.29, 1.82) is 0 Å². The van der Waals surface area contributed by atoms with E-state index in [9.17, 15) is 36.4 Å². The summed E-state index contributed by atoms with van der Waals surface area (Å²) in [6.45, 7) is -3.08. The van der Waals surface area contributed by atoms with Crippen LogP contribution in [0.15, 0.2) is 0 Å². The molecule has 6 saturated carbocycles. The number of fused-ring (bicyclic) bond motifs is 1. The third-order valence-corrected chi connectivity index (χ3v) is 10.5. The lowest BCUT2D eigenvalue weighted by atomic mass is 9.49. The summed E-state index contributed by atoms with van der Waals surface area (Å²) >= 11 is 0. The Balaban J connectivity index is 1.10. The molecule has 1 saturated heterocycles. The first-order valence-electron chi connectivity index (χ1n) is 12.9. The maximum Gasteiger partial charge on any atom is 0.402 e. The van der Waals surface area contributed by atoms with E-state index in [2.05, 4.69) is 4.74 Å². The van der Waals surface area contributed by atoms with Crippen LogP contribution in [0.25, 0.3) is 0 Å². The summed E-state index contributed by atoms with van der Waals surface area (Å²) < 4.78 is 76.8. The van der Waals surface area contributed by atoms with Crippen LogP contribution in [0.2, 0.25) is 0 Å². The van der Waals surface area contributed by atoms with Gasteiger partial charge in [-0.25, -0.2) is 4.79 Å². The Labute approximate surface area is 216 Å². The second-order valence-corrected chi connectivity index (χ2v) is 13.5. The lowest BCUT2D eigenvalue weighted by molar-refractivity contribution is -0.188. The lowest BCUT2D eigenvalue weighted by Gasteiger charge is -2.55. The number of esters is 4. The number of ether oxygens (including phenoxy) is 4. The molecule has 0 aromatic heterocycles. The van der Waals surface area contributed by atoms with Gasteiger partial charge < -0.3 is 18.9 Å². The van der Waals surface area contributed by atoms with Gasteiger partial charge in [-0.05, 0) is 62.7 Å². The summed E-state index contributed by atoms with van der Waals surface area (Å²) in [4.78, 5) is 50.8. The van der Waals surface area contributed by atoms with E-state index in [4.69, 9.17) is 18.8 Å². The Hall–Kier alpha value is -2.35. The fourth-order valence-corrected chi connectivity index (χ4v) is 8.79. The molecule has 7 fully saturated rings. The molecule has 6 aliphatic carbocycles. The van der Waals surface area contributed by atoms with Crippen LogP contribution in [0.4, 0.5) is 8.78 Å². The third kappa shape index (κ3) is 4.00. The van der Waals surface area contributed by atoms with Gasteiger partial charge in [0.05, 0.1) is 17.3 Å². The van der Waals surface area contributed by atoms with Crippen LogP contribution in [0.5, 0.6) is 0 Å². The third-order valence-electron chi connectivity index (χ3n) is 9.64. The Morgan fingerprint density at radius 1 is 1.00 bits per heavy atom. The van der Waals surface area contributed by atoms with E-state index in [-0.39, 0.29) is 11.9 Å². The molecule has 11 nitrogen and oxygen atoms in total. The molecule has 6 bridgehead atoms. The predicted octanol–water partition coefficient (Wildman–Crippen LogP) is 1.49. The largest absolute Gasteiger partial charge is 0.458 e. The zero-order chi connectivity index (χ0) is 27.2. The minimum Gasteiger partial charge on any atom is -0.458 e. The molecule has 0 amide bonds. The van der Waals surface area contributed by atoms with Gasteiger partial charge in [-0.1, -0.05) is 0 Å². The molecule has 14 heteroatoms. The summed E-state index contributed by atoms with van der Waals surface area (Å²) in [6.07, 6.45) is 4.73. The number of hydrogen-bond donors (Lipinski definition) is 1. The summed E-state index contributed by atoms with van der Waals surface area (Å²) in [6, 6.07) is 0. The molecule has 0 spiro atoms. The minimum atomic E-state index is -5.80. The summed E-state index contributed by atoms with van der Waals surface area (Å²) in [5.41, 5.74) is -0.539. The summed E-state index contributed by atoms with van der Waals surface area (Å²) in [7, 11) is -5.80. The Morgan fingerprint density at radius 3 is 2.18 bits per heavy atom. The molecule has 6 unspecified atom stereocenters. The smallest absolute Gasteiger partial charge is 0.402 e. The van der Waals surface area contributed by atoms with Crippen molar-refractivity contribution in [3.05, 3.63) is 0 Å². The van der Waals surface area contributed by atoms with E-state index in [0.29, 0.717) is 24.2 Å². The van der Waals surface area contributed by atoms with Gasteiger partial charge in [0.25, 0.3) is 0 Å². The second kappa shape index (κ2) is 8.57. The van der Waals surface area contributed by atoms with E-state index in [1.54, 1.807) is 0 Å². The van der Waals surface area contributed by atoms with Crippen molar-refractivity contribution in [2.24, 2.45) is 46.8 Å². The summed E-state index contributed by atoms with van der Waals surface area (Å²) in [5.74, 6) is -4.59. The molecular formula is C24H28F2O11S. The molecule has 7 aliphatic rings. The highest BCUT2D eigenvalue weighted by Gasteiger charge is 2.71. The quantitative estimate of drug-likeness (QED) is 0.259. The normalized spacial score (nSPS) is 42.2. The van der Waals surface area contributed by atoms with Crippen LogP contribution in [-0.2, 0) is 48.2 Å². The first-order chi connectivity index (χ1) is 17.8.